The Hall–Kier alpha value is -2.33. The van der Waals surface area contributed by atoms with E-state index in [-0.39, 0.29) is 0 Å². The van der Waals surface area contributed by atoms with Crippen LogP contribution in [0.1, 0.15) is 5.56 Å². The smallest absolute Gasteiger partial charge is 0.250 e. The Bertz CT molecular complexity index is 570. The minimum absolute atomic E-state index is 0.412. The van der Waals surface area contributed by atoms with Crippen LogP contribution in [-0.4, -0.2) is 24.7 Å². The largest absolute Gasteiger partial charge is 0.387 e. The maximum atomic E-state index is 11.3. The summed E-state index contributed by atoms with van der Waals surface area (Å²) in [6, 6.07) is 17.7. The van der Waals surface area contributed by atoms with Crippen molar-refractivity contribution in [3.05, 3.63) is 60.2 Å². The fourth-order valence-electron chi connectivity index (χ4n) is 2.04. The maximum absolute atomic E-state index is 11.3. The molecule has 104 valence electrons. The Labute approximate surface area is 118 Å². The quantitative estimate of drug-likeness (QED) is 0.876. The number of nitrogens with zero attached hydrogens (tertiary/aromatic N) is 1. The summed E-state index contributed by atoms with van der Waals surface area (Å²) < 4.78 is 0. The van der Waals surface area contributed by atoms with E-state index in [1.807, 2.05) is 49.5 Å². The zero-order chi connectivity index (χ0) is 14.4. The van der Waals surface area contributed by atoms with Gasteiger partial charge in [-0.05, 0) is 17.7 Å². The normalized spacial score (nSPS) is 10.1. The fourth-order valence-corrected chi connectivity index (χ4v) is 2.04. The van der Waals surface area contributed by atoms with Gasteiger partial charge in [0.1, 0.15) is 6.61 Å². The van der Waals surface area contributed by atoms with Gasteiger partial charge in [0, 0.05) is 13.6 Å². The number of carbonyl (C=O) groups excluding carboxylic acids is 1. The molecular weight excluding hydrogens is 252 g/mol. The maximum Gasteiger partial charge on any atom is 0.250 e. The van der Waals surface area contributed by atoms with Gasteiger partial charge in [0.25, 0.3) is 0 Å². The molecule has 2 aromatic rings. The molecule has 2 rings (SSSR count). The molecule has 1 amide bonds. The Morgan fingerprint density at radius 3 is 2.45 bits per heavy atom. The Morgan fingerprint density at radius 2 is 1.75 bits per heavy atom. The lowest BCUT2D eigenvalue weighted by Gasteiger charge is -2.22. The van der Waals surface area contributed by atoms with E-state index in [4.69, 9.17) is 5.11 Å². The van der Waals surface area contributed by atoms with Crippen LogP contribution in [0.3, 0.4) is 0 Å². The first-order chi connectivity index (χ1) is 9.70. The van der Waals surface area contributed by atoms with Crippen LogP contribution in [0.15, 0.2) is 54.6 Å². The van der Waals surface area contributed by atoms with Gasteiger partial charge in [0.2, 0.25) is 5.91 Å². The molecule has 4 nitrogen and oxygen atoms in total. The van der Waals surface area contributed by atoms with Gasteiger partial charge in [0.15, 0.2) is 0 Å². The summed E-state index contributed by atoms with van der Waals surface area (Å²) in [5.74, 6) is -0.412. The van der Waals surface area contributed by atoms with E-state index in [0.29, 0.717) is 5.69 Å². The van der Waals surface area contributed by atoms with E-state index >= 15 is 0 Å². The van der Waals surface area contributed by atoms with E-state index in [2.05, 4.69) is 22.3 Å². The Kier molecular flexibility index (Phi) is 4.74. The van der Waals surface area contributed by atoms with Crippen LogP contribution < -0.4 is 10.2 Å². The van der Waals surface area contributed by atoms with E-state index < -0.39 is 12.5 Å². The number of para-hydroxylation sites is 2. The third-order valence-electron chi connectivity index (χ3n) is 3.00. The number of hydrogen-bond donors (Lipinski definition) is 2. The monoisotopic (exact) mass is 270 g/mol. The summed E-state index contributed by atoms with van der Waals surface area (Å²) in [5, 5.41) is 11.5. The first kappa shape index (κ1) is 14.1. The van der Waals surface area contributed by atoms with Crippen molar-refractivity contribution in [2.45, 2.75) is 6.54 Å². The number of benzene rings is 2. The van der Waals surface area contributed by atoms with Crippen LogP contribution in [0.4, 0.5) is 11.4 Å². The minimum atomic E-state index is -0.517. The van der Waals surface area contributed by atoms with Crippen molar-refractivity contribution in [2.75, 3.05) is 23.9 Å². The molecule has 0 aliphatic carbocycles. The third-order valence-corrected chi connectivity index (χ3v) is 3.00. The van der Waals surface area contributed by atoms with Gasteiger partial charge < -0.3 is 15.3 Å². The molecule has 0 spiro atoms. The number of hydrogen-bond acceptors (Lipinski definition) is 3. The van der Waals surface area contributed by atoms with Crippen molar-refractivity contribution in [2.24, 2.45) is 0 Å². The van der Waals surface area contributed by atoms with Gasteiger partial charge in [-0.2, -0.15) is 0 Å². The standard InChI is InChI=1S/C16H18N2O2/c1-18(11-13-7-3-2-4-8-13)15-10-6-5-9-14(15)17-16(20)12-19/h2-10,19H,11-12H2,1H3,(H,17,20). The predicted molar refractivity (Wildman–Crippen MR) is 80.7 cm³/mol. The summed E-state index contributed by atoms with van der Waals surface area (Å²) >= 11 is 0. The highest BCUT2D eigenvalue weighted by Gasteiger charge is 2.09. The predicted octanol–water partition coefficient (Wildman–Crippen LogP) is 2.25. The van der Waals surface area contributed by atoms with E-state index in [1.54, 1.807) is 0 Å². The van der Waals surface area contributed by atoms with Crippen LogP contribution in [0.5, 0.6) is 0 Å². The SMILES string of the molecule is CN(Cc1ccccc1)c1ccccc1NC(=O)CO. The minimum Gasteiger partial charge on any atom is -0.387 e. The summed E-state index contributed by atoms with van der Waals surface area (Å²) in [4.78, 5) is 13.4. The van der Waals surface area contributed by atoms with Gasteiger partial charge in [-0.25, -0.2) is 0 Å². The molecule has 0 fully saturated rings. The summed E-state index contributed by atoms with van der Waals surface area (Å²) in [7, 11) is 1.97. The second-order valence-corrected chi connectivity index (χ2v) is 4.57. The highest BCUT2D eigenvalue weighted by molar-refractivity contribution is 5.94. The second-order valence-electron chi connectivity index (χ2n) is 4.57. The van der Waals surface area contributed by atoms with Crippen LogP contribution in [-0.2, 0) is 11.3 Å². The van der Waals surface area contributed by atoms with Crippen LogP contribution >= 0.6 is 0 Å². The van der Waals surface area contributed by atoms with Gasteiger partial charge in [-0.3, -0.25) is 4.79 Å². The molecule has 0 saturated carbocycles. The first-order valence-corrected chi connectivity index (χ1v) is 6.45. The molecule has 0 aliphatic rings. The average molecular weight is 270 g/mol. The molecule has 0 heterocycles. The summed E-state index contributed by atoms with van der Waals surface area (Å²) in [5.41, 5.74) is 2.81. The molecule has 0 aliphatic heterocycles. The lowest BCUT2D eigenvalue weighted by atomic mass is 10.2. The lowest BCUT2D eigenvalue weighted by molar-refractivity contribution is -0.118. The highest BCUT2D eigenvalue weighted by atomic mass is 16.3. The van der Waals surface area contributed by atoms with Crippen LogP contribution in [0, 0.1) is 0 Å². The van der Waals surface area contributed by atoms with Crippen molar-refractivity contribution in [3.63, 3.8) is 0 Å². The molecule has 2 aromatic carbocycles. The molecule has 0 radical (unpaired) electrons. The Balaban J connectivity index is 2.17. The molecule has 4 heteroatoms. The van der Waals surface area contributed by atoms with Crippen molar-refractivity contribution in [1.82, 2.24) is 0 Å². The van der Waals surface area contributed by atoms with Crippen molar-refractivity contribution >= 4 is 17.3 Å². The van der Waals surface area contributed by atoms with Gasteiger partial charge in [-0.1, -0.05) is 42.5 Å². The highest BCUT2D eigenvalue weighted by Crippen LogP contribution is 2.25. The number of aliphatic hydroxyl groups is 1. The van der Waals surface area contributed by atoms with Gasteiger partial charge >= 0.3 is 0 Å². The zero-order valence-corrected chi connectivity index (χ0v) is 11.4. The molecule has 0 bridgehead atoms. The van der Waals surface area contributed by atoms with Crippen LogP contribution in [0.25, 0.3) is 0 Å². The van der Waals surface area contributed by atoms with E-state index in [9.17, 15) is 4.79 Å². The number of aliphatic hydroxyl groups excluding tert-OH is 1. The van der Waals surface area contributed by atoms with E-state index in [1.165, 1.54) is 5.56 Å². The molecule has 0 atom stereocenters. The van der Waals surface area contributed by atoms with Crippen molar-refractivity contribution < 1.29 is 9.90 Å². The number of rotatable bonds is 5. The van der Waals surface area contributed by atoms with E-state index in [0.717, 1.165) is 12.2 Å². The fraction of sp³-hybridized carbons (Fsp3) is 0.188. The topological polar surface area (TPSA) is 52.6 Å². The molecule has 0 saturated heterocycles. The molecule has 0 unspecified atom stereocenters. The van der Waals surface area contributed by atoms with Crippen molar-refractivity contribution in [3.8, 4) is 0 Å². The van der Waals surface area contributed by atoms with Gasteiger partial charge in [-0.15, -0.1) is 0 Å². The van der Waals surface area contributed by atoms with Gasteiger partial charge in [0.05, 0.1) is 11.4 Å². The second kappa shape index (κ2) is 6.73. The Morgan fingerprint density at radius 1 is 1.10 bits per heavy atom. The molecule has 0 aromatic heterocycles. The average Bonchev–Trinajstić information content (AvgIpc) is 2.48. The number of amides is 1. The number of carbonyl (C=O) groups is 1. The molecular formula is C16H18N2O2. The van der Waals surface area contributed by atoms with Crippen molar-refractivity contribution in [1.29, 1.82) is 0 Å². The summed E-state index contributed by atoms with van der Waals surface area (Å²) in [6.45, 7) is 0.226. The third kappa shape index (κ3) is 3.59. The first-order valence-electron chi connectivity index (χ1n) is 6.45. The number of anilines is 2. The zero-order valence-electron chi connectivity index (χ0n) is 11.4. The van der Waals surface area contributed by atoms with Crippen LogP contribution in [0.2, 0.25) is 0 Å². The number of nitrogens with one attached hydrogen (secondary N) is 1. The molecule has 20 heavy (non-hydrogen) atoms. The molecule has 2 N–H and O–H groups in total. The summed E-state index contributed by atoms with van der Waals surface area (Å²) in [6.07, 6.45) is 0. The lowest BCUT2D eigenvalue weighted by Crippen LogP contribution is -2.21.